The van der Waals surface area contributed by atoms with Gasteiger partial charge in [-0.25, -0.2) is 23.4 Å². The highest BCUT2D eigenvalue weighted by atomic mass is 19.2. The zero-order chi connectivity index (χ0) is 23.7. The van der Waals surface area contributed by atoms with Crippen molar-refractivity contribution < 1.29 is 13.6 Å². The Morgan fingerprint density at radius 1 is 1.06 bits per heavy atom. The summed E-state index contributed by atoms with van der Waals surface area (Å²) in [6.45, 7) is 2.21. The Kier molecular flexibility index (Phi) is 6.32. The number of H-pyrrole nitrogens is 1. The Balaban J connectivity index is 1.16. The first-order valence-electron chi connectivity index (χ1n) is 11.8. The molecule has 1 aromatic carbocycles. The Morgan fingerprint density at radius 3 is 2.71 bits per heavy atom. The number of nitrogens with zero attached hydrogens (tertiary/aromatic N) is 3. The third-order valence-electron chi connectivity index (χ3n) is 7.00. The second-order valence-corrected chi connectivity index (χ2v) is 9.11. The molecule has 2 saturated heterocycles. The number of hydrogen-bond acceptors (Lipinski definition) is 4. The number of fused-ring (bicyclic) bond motifs is 1. The number of nitrogens with one attached hydrogen (secondary N) is 3. The Labute approximate surface area is 195 Å². The summed E-state index contributed by atoms with van der Waals surface area (Å²) >= 11 is 0. The first-order valence-corrected chi connectivity index (χ1v) is 11.8. The minimum atomic E-state index is -0.832. The summed E-state index contributed by atoms with van der Waals surface area (Å²) < 4.78 is 29.6. The van der Waals surface area contributed by atoms with E-state index in [0.717, 1.165) is 11.6 Å². The number of imidazole rings is 1. The molecule has 4 heterocycles. The van der Waals surface area contributed by atoms with Gasteiger partial charge in [0.25, 0.3) is 0 Å². The largest absolute Gasteiger partial charge is 0.334 e. The summed E-state index contributed by atoms with van der Waals surface area (Å²) in [5.41, 5.74) is 1.56. The summed E-state index contributed by atoms with van der Waals surface area (Å²) in [6, 6.07) is 7.76. The number of carbonyl (C=O) groups is 1. The highest BCUT2D eigenvalue weighted by Gasteiger charge is 2.29. The predicted molar refractivity (Wildman–Crippen MR) is 124 cm³/mol. The number of carbonyl (C=O) groups excluding carboxylic acids is 1. The topological polar surface area (TPSA) is 95.0 Å². The van der Waals surface area contributed by atoms with Crippen LogP contribution in [0, 0.1) is 11.6 Å². The fourth-order valence-electron chi connectivity index (χ4n) is 5.18. The Bertz CT molecular complexity index is 1230. The number of aromatic nitrogens is 3. The van der Waals surface area contributed by atoms with Gasteiger partial charge < -0.3 is 15.5 Å². The number of amides is 2. The van der Waals surface area contributed by atoms with E-state index in [1.807, 2.05) is 12.1 Å². The van der Waals surface area contributed by atoms with Crippen LogP contribution in [0.15, 0.2) is 41.3 Å². The number of aromatic amines is 1. The van der Waals surface area contributed by atoms with Gasteiger partial charge in [-0.3, -0.25) is 9.55 Å². The summed E-state index contributed by atoms with van der Waals surface area (Å²) in [6.07, 6.45) is 4.33. The van der Waals surface area contributed by atoms with Gasteiger partial charge in [-0.2, -0.15) is 0 Å². The molecule has 5 rings (SSSR count). The number of pyridine rings is 1. The van der Waals surface area contributed by atoms with Crippen LogP contribution in [0.3, 0.4) is 0 Å². The number of hydrogen-bond donors (Lipinski definition) is 3. The van der Waals surface area contributed by atoms with Crippen LogP contribution in [0.4, 0.5) is 13.6 Å². The molecule has 3 aromatic rings. The van der Waals surface area contributed by atoms with E-state index in [4.69, 9.17) is 0 Å². The third-order valence-corrected chi connectivity index (χ3v) is 7.00. The van der Waals surface area contributed by atoms with Crippen molar-refractivity contribution in [2.24, 2.45) is 0 Å². The molecule has 2 aliphatic heterocycles. The van der Waals surface area contributed by atoms with Gasteiger partial charge in [-0.15, -0.1) is 0 Å². The molecule has 0 bridgehead atoms. The zero-order valence-corrected chi connectivity index (χ0v) is 18.8. The van der Waals surface area contributed by atoms with E-state index in [9.17, 15) is 18.4 Å². The van der Waals surface area contributed by atoms with Gasteiger partial charge in [0.15, 0.2) is 17.3 Å². The van der Waals surface area contributed by atoms with Crippen molar-refractivity contribution in [2.45, 2.75) is 43.7 Å². The summed E-state index contributed by atoms with van der Waals surface area (Å²) in [5.74, 6) is -1.76. The van der Waals surface area contributed by atoms with Crippen LogP contribution in [0.5, 0.6) is 0 Å². The molecule has 0 aliphatic carbocycles. The van der Waals surface area contributed by atoms with Crippen LogP contribution >= 0.6 is 0 Å². The van der Waals surface area contributed by atoms with Gasteiger partial charge in [0.1, 0.15) is 0 Å². The van der Waals surface area contributed by atoms with Gasteiger partial charge in [0.2, 0.25) is 0 Å². The van der Waals surface area contributed by atoms with Crippen LogP contribution in [-0.4, -0.2) is 57.7 Å². The van der Waals surface area contributed by atoms with Crippen LogP contribution in [-0.2, 0) is 0 Å². The first kappa shape index (κ1) is 22.5. The molecular formula is C24H28F2N6O2. The fraction of sp³-hybridized carbons (Fsp3) is 0.458. The van der Waals surface area contributed by atoms with Crippen molar-refractivity contribution in [1.82, 2.24) is 30.1 Å². The highest BCUT2D eigenvalue weighted by molar-refractivity contribution is 5.74. The van der Waals surface area contributed by atoms with Gasteiger partial charge >= 0.3 is 11.7 Å². The van der Waals surface area contributed by atoms with E-state index < -0.39 is 11.6 Å². The average Bonchev–Trinajstić information content (AvgIpc) is 3.01. The molecular weight excluding hydrogens is 442 g/mol. The molecule has 34 heavy (non-hydrogen) atoms. The minimum absolute atomic E-state index is 0.0102. The van der Waals surface area contributed by atoms with Crippen LogP contribution in [0.25, 0.3) is 11.2 Å². The van der Waals surface area contributed by atoms with E-state index in [1.54, 1.807) is 21.7 Å². The number of likely N-dealkylation sites (tertiary alicyclic amines) is 1. The smallest absolute Gasteiger partial charge is 0.327 e. The van der Waals surface area contributed by atoms with Crippen molar-refractivity contribution in [2.75, 3.05) is 26.2 Å². The summed E-state index contributed by atoms with van der Waals surface area (Å²) in [5, 5.41) is 6.37. The normalized spacial score (nSPS) is 22.0. The molecule has 2 fully saturated rings. The second-order valence-electron chi connectivity index (χ2n) is 9.11. The molecule has 2 unspecified atom stereocenters. The maximum atomic E-state index is 14.2. The molecule has 2 aromatic heterocycles. The van der Waals surface area contributed by atoms with Crippen LogP contribution < -0.4 is 16.3 Å². The fourth-order valence-corrected chi connectivity index (χ4v) is 5.18. The average molecular weight is 471 g/mol. The van der Waals surface area contributed by atoms with E-state index in [-0.39, 0.29) is 29.7 Å². The molecule has 8 nitrogen and oxygen atoms in total. The van der Waals surface area contributed by atoms with Crippen molar-refractivity contribution in [3.05, 3.63) is 64.2 Å². The molecule has 3 N–H and O–H groups in total. The number of benzene rings is 1. The maximum absolute atomic E-state index is 14.2. The highest BCUT2D eigenvalue weighted by Crippen LogP contribution is 2.28. The zero-order valence-electron chi connectivity index (χ0n) is 18.8. The van der Waals surface area contributed by atoms with Crippen molar-refractivity contribution in [3.63, 3.8) is 0 Å². The predicted octanol–water partition coefficient (Wildman–Crippen LogP) is 2.89. The Morgan fingerprint density at radius 2 is 1.88 bits per heavy atom. The van der Waals surface area contributed by atoms with Crippen LogP contribution in [0.2, 0.25) is 0 Å². The van der Waals surface area contributed by atoms with Crippen LogP contribution in [0.1, 0.15) is 43.2 Å². The van der Waals surface area contributed by atoms with Crippen molar-refractivity contribution >= 4 is 17.2 Å². The van der Waals surface area contributed by atoms with E-state index in [0.29, 0.717) is 63.1 Å². The molecule has 2 atom stereocenters. The molecule has 2 amide bonds. The van der Waals surface area contributed by atoms with Gasteiger partial charge in [-0.1, -0.05) is 12.1 Å². The van der Waals surface area contributed by atoms with Gasteiger partial charge in [0, 0.05) is 44.5 Å². The van der Waals surface area contributed by atoms with E-state index in [1.165, 1.54) is 6.07 Å². The number of halogens is 2. The molecule has 0 spiro atoms. The summed E-state index contributed by atoms with van der Waals surface area (Å²) in [7, 11) is 0. The standard InChI is InChI=1S/C24H28F2N6O2/c25-19-4-1-3-18(21(19)26)15-6-7-16(14-27-13-15)29-23(33)31-11-8-17(9-12-31)32-20-5-2-10-28-22(20)30-24(32)34/h1-5,10,15-17,27H,6-9,11-14H2,(H,29,33)(H,28,30,34). The third kappa shape index (κ3) is 4.42. The molecule has 180 valence electrons. The Hall–Kier alpha value is -3.27. The lowest BCUT2D eigenvalue weighted by molar-refractivity contribution is 0.168. The SMILES string of the molecule is O=C(NC1CCC(c2cccc(F)c2F)CNC1)N1CCC(n2c(=O)[nH]c3ncccc32)CC1. The quantitative estimate of drug-likeness (QED) is 0.549. The van der Waals surface area contributed by atoms with Crippen molar-refractivity contribution in [1.29, 1.82) is 0 Å². The number of urea groups is 1. The first-order chi connectivity index (χ1) is 16.5. The lowest BCUT2D eigenvalue weighted by Crippen LogP contribution is -2.50. The molecule has 0 saturated carbocycles. The minimum Gasteiger partial charge on any atom is -0.334 e. The van der Waals surface area contributed by atoms with E-state index >= 15 is 0 Å². The monoisotopic (exact) mass is 470 g/mol. The number of rotatable bonds is 3. The van der Waals surface area contributed by atoms with Gasteiger partial charge in [0.05, 0.1) is 5.52 Å². The maximum Gasteiger partial charge on any atom is 0.327 e. The van der Waals surface area contributed by atoms with E-state index in [2.05, 4.69) is 20.6 Å². The number of piperidine rings is 1. The lowest BCUT2D eigenvalue weighted by Gasteiger charge is -2.33. The molecule has 2 aliphatic rings. The molecule has 0 radical (unpaired) electrons. The lowest BCUT2D eigenvalue weighted by atomic mass is 9.93. The second kappa shape index (κ2) is 9.54. The van der Waals surface area contributed by atoms with Crippen molar-refractivity contribution in [3.8, 4) is 0 Å². The van der Waals surface area contributed by atoms with Gasteiger partial charge in [-0.05, 0) is 55.4 Å². The summed E-state index contributed by atoms with van der Waals surface area (Å²) in [4.78, 5) is 34.1. The molecule has 10 heteroatoms.